The zero-order chi connectivity index (χ0) is 14.3. The maximum atomic E-state index is 11.7. The highest BCUT2D eigenvalue weighted by Crippen LogP contribution is 2.15. The standard InChI is InChI=1S/C14H20ClNO3/c1-10(2)13(7-8-17)16-14(18)9-19-12-5-3-11(15)4-6-12/h3-6,10,13,17H,7-9H2,1-2H3,(H,16,18). The van der Waals surface area contributed by atoms with Gasteiger partial charge in [-0.05, 0) is 36.6 Å². The molecular formula is C14H20ClNO3. The summed E-state index contributed by atoms with van der Waals surface area (Å²) in [6.45, 7) is 4.01. The van der Waals surface area contributed by atoms with Gasteiger partial charge in [0, 0.05) is 17.7 Å². The van der Waals surface area contributed by atoms with E-state index in [1.54, 1.807) is 24.3 Å². The second-order valence-corrected chi connectivity index (χ2v) is 5.11. The molecule has 0 saturated carbocycles. The summed E-state index contributed by atoms with van der Waals surface area (Å²) in [7, 11) is 0. The van der Waals surface area contributed by atoms with Crippen LogP contribution >= 0.6 is 11.6 Å². The first-order valence-corrected chi connectivity index (χ1v) is 6.69. The Balaban J connectivity index is 2.40. The van der Waals surface area contributed by atoms with Gasteiger partial charge in [-0.3, -0.25) is 4.79 Å². The molecule has 0 aromatic heterocycles. The minimum Gasteiger partial charge on any atom is -0.484 e. The predicted molar refractivity (Wildman–Crippen MR) is 75.4 cm³/mol. The number of hydrogen-bond donors (Lipinski definition) is 2. The van der Waals surface area contributed by atoms with Gasteiger partial charge in [0.15, 0.2) is 6.61 Å². The number of aliphatic hydroxyl groups excluding tert-OH is 1. The Bertz CT molecular complexity index is 392. The van der Waals surface area contributed by atoms with Crippen LogP contribution in [0.15, 0.2) is 24.3 Å². The van der Waals surface area contributed by atoms with Crippen molar-refractivity contribution in [3.8, 4) is 5.75 Å². The lowest BCUT2D eigenvalue weighted by atomic mass is 10.0. The molecule has 1 amide bonds. The largest absolute Gasteiger partial charge is 0.484 e. The third-order valence-corrected chi connectivity index (χ3v) is 3.03. The van der Waals surface area contributed by atoms with Gasteiger partial charge in [0.2, 0.25) is 0 Å². The van der Waals surface area contributed by atoms with Gasteiger partial charge >= 0.3 is 0 Å². The van der Waals surface area contributed by atoms with Gasteiger partial charge in [-0.1, -0.05) is 25.4 Å². The smallest absolute Gasteiger partial charge is 0.258 e. The van der Waals surface area contributed by atoms with Gasteiger partial charge in [0.05, 0.1) is 0 Å². The van der Waals surface area contributed by atoms with E-state index in [9.17, 15) is 4.79 Å². The maximum Gasteiger partial charge on any atom is 0.258 e. The van der Waals surface area contributed by atoms with Crippen LogP contribution in [0.4, 0.5) is 0 Å². The lowest BCUT2D eigenvalue weighted by Gasteiger charge is -2.21. The molecule has 0 fully saturated rings. The zero-order valence-electron chi connectivity index (χ0n) is 11.2. The molecule has 5 heteroatoms. The fraction of sp³-hybridized carbons (Fsp3) is 0.500. The molecule has 1 unspecified atom stereocenters. The van der Waals surface area contributed by atoms with Crippen LogP contribution in [-0.2, 0) is 4.79 Å². The van der Waals surface area contributed by atoms with Crippen molar-refractivity contribution in [2.75, 3.05) is 13.2 Å². The van der Waals surface area contributed by atoms with Crippen molar-refractivity contribution >= 4 is 17.5 Å². The van der Waals surface area contributed by atoms with Crippen LogP contribution in [-0.4, -0.2) is 30.3 Å². The maximum absolute atomic E-state index is 11.7. The highest BCUT2D eigenvalue weighted by molar-refractivity contribution is 6.30. The Morgan fingerprint density at radius 3 is 2.53 bits per heavy atom. The summed E-state index contributed by atoms with van der Waals surface area (Å²) >= 11 is 5.75. The Hall–Kier alpha value is -1.26. The van der Waals surface area contributed by atoms with Crippen molar-refractivity contribution in [2.24, 2.45) is 5.92 Å². The van der Waals surface area contributed by atoms with Crippen molar-refractivity contribution in [3.05, 3.63) is 29.3 Å². The van der Waals surface area contributed by atoms with Crippen molar-refractivity contribution in [2.45, 2.75) is 26.3 Å². The molecule has 0 bridgehead atoms. The Kier molecular flexibility index (Phi) is 6.67. The van der Waals surface area contributed by atoms with Gasteiger partial charge < -0.3 is 15.2 Å². The summed E-state index contributed by atoms with van der Waals surface area (Å²) in [6.07, 6.45) is 0.546. The summed E-state index contributed by atoms with van der Waals surface area (Å²) in [6, 6.07) is 6.80. The first-order valence-electron chi connectivity index (χ1n) is 6.31. The molecule has 1 rings (SSSR count). The Morgan fingerprint density at radius 1 is 1.37 bits per heavy atom. The topological polar surface area (TPSA) is 58.6 Å². The molecule has 0 aliphatic heterocycles. The van der Waals surface area contributed by atoms with Gasteiger partial charge in [0.25, 0.3) is 5.91 Å². The van der Waals surface area contributed by atoms with Crippen LogP contribution in [0.25, 0.3) is 0 Å². The molecule has 19 heavy (non-hydrogen) atoms. The quantitative estimate of drug-likeness (QED) is 0.808. The first-order chi connectivity index (χ1) is 9.02. The molecule has 0 radical (unpaired) electrons. The lowest BCUT2D eigenvalue weighted by molar-refractivity contribution is -0.124. The third-order valence-electron chi connectivity index (χ3n) is 2.77. The summed E-state index contributed by atoms with van der Waals surface area (Å²) in [5, 5.41) is 12.4. The molecule has 0 aliphatic carbocycles. The molecule has 1 aromatic carbocycles. The predicted octanol–water partition coefficient (Wildman–Crippen LogP) is 2.24. The van der Waals surface area contributed by atoms with Gasteiger partial charge in [0.1, 0.15) is 5.75 Å². The van der Waals surface area contributed by atoms with Crippen molar-refractivity contribution in [3.63, 3.8) is 0 Å². The number of aliphatic hydroxyl groups is 1. The van der Waals surface area contributed by atoms with E-state index in [-0.39, 0.29) is 31.1 Å². The summed E-state index contributed by atoms with van der Waals surface area (Å²) in [4.78, 5) is 11.7. The molecule has 0 heterocycles. The van der Waals surface area contributed by atoms with Crippen LogP contribution in [0.5, 0.6) is 5.75 Å². The van der Waals surface area contributed by atoms with Crippen LogP contribution in [0.1, 0.15) is 20.3 Å². The molecule has 106 valence electrons. The fourth-order valence-electron chi connectivity index (χ4n) is 1.64. The van der Waals surface area contributed by atoms with E-state index < -0.39 is 0 Å². The van der Waals surface area contributed by atoms with Gasteiger partial charge in [-0.2, -0.15) is 0 Å². The Labute approximate surface area is 118 Å². The van der Waals surface area contributed by atoms with E-state index >= 15 is 0 Å². The van der Waals surface area contributed by atoms with E-state index in [1.807, 2.05) is 13.8 Å². The van der Waals surface area contributed by atoms with Crippen LogP contribution in [0.3, 0.4) is 0 Å². The van der Waals surface area contributed by atoms with E-state index in [0.717, 1.165) is 0 Å². The average Bonchev–Trinajstić information content (AvgIpc) is 2.37. The molecule has 0 saturated heterocycles. The summed E-state index contributed by atoms with van der Waals surface area (Å²) in [5.74, 6) is 0.677. The minimum absolute atomic E-state index is 0.0358. The number of benzene rings is 1. The average molecular weight is 286 g/mol. The Morgan fingerprint density at radius 2 is 2.00 bits per heavy atom. The lowest BCUT2D eigenvalue weighted by Crippen LogP contribution is -2.41. The fourth-order valence-corrected chi connectivity index (χ4v) is 1.77. The molecule has 4 nitrogen and oxygen atoms in total. The molecule has 1 aromatic rings. The molecular weight excluding hydrogens is 266 g/mol. The van der Waals surface area contributed by atoms with E-state index in [1.165, 1.54) is 0 Å². The van der Waals surface area contributed by atoms with Gasteiger partial charge in [-0.15, -0.1) is 0 Å². The minimum atomic E-state index is -0.192. The van der Waals surface area contributed by atoms with E-state index in [0.29, 0.717) is 17.2 Å². The second-order valence-electron chi connectivity index (χ2n) is 4.67. The molecule has 1 atom stereocenters. The van der Waals surface area contributed by atoms with Crippen molar-refractivity contribution < 1.29 is 14.6 Å². The number of amides is 1. The van der Waals surface area contributed by atoms with Crippen LogP contribution < -0.4 is 10.1 Å². The summed E-state index contributed by atoms with van der Waals surface area (Å²) in [5.41, 5.74) is 0. The molecule has 0 aliphatic rings. The van der Waals surface area contributed by atoms with Crippen molar-refractivity contribution in [1.29, 1.82) is 0 Å². The SMILES string of the molecule is CC(C)C(CCO)NC(=O)COc1ccc(Cl)cc1. The highest BCUT2D eigenvalue weighted by atomic mass is 35.5. The number of carbonyl (C=O) groups is 1. The van der Waals surface area contributed by atoms with E-state index in [2.05, 4.69) is 5.32 Å². The first kappa shape index (κ1) is 15.8. The number of rotatable bonds is 7. The number of hydrogen-bond acceptors (Lipinski definition) is 3. The highest BCUT2D eigenvalue weighted by Gasteiger charge is 2.15. The number of ether oxygens (including phenoxy) is 1. The summed E-state index contributed by atoms with van der Waals surface area (Å²) < 4.78 is 5.35. The second kappa shape index (κ2) is 8.02. The molecule has 2 N–H and O–H groups in total. The monoisotopic (exact) mass is 285 g/mol. The van der Waals surface area contributed by atoms with Crippen molar-refractivity contribution in [1.82, 2.24) is 5.32 Å². The molecule has 0 spiro atoms. The number of halogens is 1. The van der Waals surface area contributed by atoms with Gasteiger partial charge in [-0.25, -0.2) is 0 Å². The van der Waals surface area contributed by atoms with E-state index in [4.69, 9.17) is 21.4 Å². The number of nitrogens with one attached hydrogen (secondary N) is 1. The van der Waals surface area contributed by atoms with Crippen LogP contribution in [0.2, 0.25) is 5.02 Å². The number of carbonyl (C=O) groups excluding carboxylic acids is 1. The van der Waals surface area contributed by atoms with Crippen LogP contribution in [0, 0.1) is 5.92 Å². The zero-order valence-corrected chi connectivity index (χ0v) is 12.0. The normalized spacial score (nSPS) is 12.3. The third kappa shape index (κ3) is 5.94.